The van der Waals surface area contributed by atoms with Crippen molar-refractivity contribution in [2.45, 2.75) is 19.9 Å². The monoisotopic (exact) mass is 324 g/mol. The molecule has 1 aromatic carbocycles. The normalized spacial score (nSPS) is 10.4. The third-order valence-corrected chi connectivity index (χ3v) is 3.91. The molecule has 0 atom stereocenters. The van der Waals surface area contributed by atoms with Crippen molar-refractivity contribution in [3.8, 4) is 0 Å². The van der Waals surface area contributed by atoms with Crippen molar-refractivity contribution in [2.75, 3.05) is 5.32 Å². The van der Waals surface area contributed by atoms with Crippen LogP contribution in [0, 0.1) is 0 Å². The first kappa shape index (κ1) is 13.4. The van der Waals surface area contributed by atoms with Crippen LogP contribution >= 0.6 is 27.5 Å². The van der Waals surface area contributed by atoms with Crippen molar-refractivity contribution in [3.05, 3.63) is 57.3 Å². The Morgan fingerprint density at radius 1 is 1.28 bits per heavy atom. The molecule has 0 aliphatic carbocycles. The Bertz CT molecular complexity index is 543. The second-order valence-electron chi connectivity index (χ2n) is 3.97. The highest BCUT2D eigenvalue weighted by Gasteiger charge is 2.02. The van der Waals surface area contributed by atoms with Gasteiger partial charge in [0.2, 0.25) is 0 Å². The maximum absolute atomic E-state index is 5.86. The minimum absolute atomic E-state index is 0.481. The topological polar surface area (TPSA) is 24.9 Å². The fourth-order valence-electron chi connectivity index (χ4n) is 1.79. The van der Waals surface area contributed by atoms with E-state index in [1.165, 1.54) is 11.1 Å². The van der Waals surface area contributed by atoms with E-state index in [-0.39, 0.29) is 0 Å². The molecule has 18 heavy (non-hydrogen) atoms. The van der Waals surface area contributed by atoms with Crippen LogP contribution in [0.2, 0.25) is 5.15 Å². The first-order valence-electron chi connectivity index (χ1n) is 5.82. The molecule has 0 saturated carbocycles. The Balaban J connectivity index is 2.09. The van der Waals surface area contributed by atoms with E-state index in [1.54, 1.807) is 6.20 Å². The summed E-state index contributed by atoms with van der Waals surface area (Å²) in [7, 11) is 0. The Labute approximate surface area is 121 Å². The molecule has 0 bridgehead atoms. The molecule has 0 spiro atoms. The number of halogens is 2. The Kier molecular flexibility index (Phi) is 4.61. The van der Waals surface area contributed by atoms with Gasteiger partial charge >= 0.3 is 0 Å². The van der Waals surface area contributed by atoms with Gasteiger partial charge in [-0.05, 0) is 39.5 Å². The van der Waals surface area contributed by atoms with Crippen molar-refractivity contribution < 1.29 is 0 Å². The number of aryl methyl sites for hydroxylation is 1. The van der Waals surface area contributed by atoms with E-state index in [0.717, 1.165) is 23.1 Å². The van der Waals surface area contributed by atoms with Gasteiger partial charge in [0.1, 0.15) is 5.15 Å². The molecule has 1 heterocycles. The number of nitrogens with zero attached hydrogens (tertiary/aromatic N) is 1. The second-order valence-corrected chi connectivity index (χ2v) is 5.18. The van der Waals surface area contributed by atoms with Crippen LogP contribution in [0.5, 0.6) is 0 Å². The van der Waals surface area contributed by atoms with E-state index in [9.17, 15) is 0 Å². The first-order valence-corrected chi connectivity index (χ1v) is 6.99. The van der Waals surface area contributed by atoms with Crippen LogP contribution in [0.4, 0.5) is 5.69 Å². The lowest BCUT2D eigenvalue weighted by Gasteiger charge is -2.10. The maximum atomic E-state index is 5.86. The molecule has 94 valence electrons. The lowest BCUT2D eigenvalue weighted by atomic mass is 10.1. The van der Waals surface area contributed by atoms with Crippen LogP contribution in [-0.2, 0) is 13.0 Å². The van der Waals surface area contributed by atoms with Crippen LogP contribution in [0.1, 0.15) is 18.1 Å². The maximum Gasteiger partial charge on any atom is 0.143 e. The van der Waals surface area contributed by atoms with E-state index < -0.39 is 0 Å². The average molecular weight is 326 g/mol. The predicted octanol–water partition coefficient (Wildman–Crippen LogP) is 4.67. The fraction of sp³-hybridized carbons (Fsp3) is 0.214. The third-order valence-electron chi connectivity index (χ3n) is 2.78. The fourth-order valence-corrected chi connectivity index (χ4v) is 2.24. The molecule has 0 saturated heterocycles. The SMILES string of the molecule is CCc1ccccc1CNc1cnc(Cl)c(Br)c1. The van der Waals surface area contributed by atoms with Gasteiger partial charge < -0.3 is 5.32 Å². The van der Waals surface area contributed by atoms with Gasteiger partial charge in [0.25, 0.3) is 0 Å². The molecule has 1 N–H and O–H groups in total. The number of hydrogen-bond acceptors (Lipinski definition) is 2. The Hall–Kier alpha value is -1.06. The number of aromatic nitrogens is 1. The summed E-state index contributed by atoms with van der Waals surface area (Å²) in [6.07, 6.45) is 2.78. The van der Waals surface area contributed by atoms with Crippen LogP contribution in [0.25, 0.3) is 0 Å². The molecule has 0 unspecified atom stereocenters. The summed E-state index contributed by atoms with van der Waals surface area (Å²) in [4.78, 5) is 4.09. The number of anilines is 1. The molecule has 4 heteroatoms. The van der Waals surface area contributed by atoms with Crippen LogP contribution in [0.15, 0.2) is 41.0 Å². The summed E-state index contributed by atoms with van der Waals surface area (Å²) in [6, 6.07) is 10.4. The standard InChI is InChI=1S/C14H14BrClN2/c1-2-10-5-3-4-6-11(10)8-17-12-7-13(15)14(16)18-9-12/h3-7,9,17H,2,8H2,1H3. The van der Waals surface area contributed by atoms with Gasteiger partial charge in [-0.1, -0.05) is 42.8 Å². The zero-order valence-corrected chi connectivity index (χ0v) is 12.4. The van der Waals surface area contributed by atoms with Crippen LogP contribution in [-0.4, -0.2) is 4.98 Å². The predicted molar refractivity (Wildman–Crippen MR) is 80.1 cm³/mol. The molecule has 0 radical (unpaired) electrons. The third kappa shape index (κ3) is 3.24. The summed E-state index contributed by atoms with van der Waals surface area (Å²) in [5, 5.41) is 3.83. The summed E-state index contributed by atoms with van der Waals surface area (Å²) >= 11 is 9.23. The van der Waals surface area contributed by atoms with E-state index in [2.05, 4.69) is 57.4 Å². The number of rotatable bonds is 4. The van der Waals surface area contributed by atoms with Crippen molar-refractivity contribution in [1.82, 2.24) is 4.98 Å². The van der Waals surface area contributed by atoms with Crippen LogP contribution in [0.3, 0.4) is 0 Å². The lowest BCUT2D eigenvalue weighted by molar-refractivity contribution is 1.04. The first-order chi connectivity index (χ1) is 8.70. The highest BCUT2D eigenvalue weighted by Crippen LogP contribution is 2.23. The molecule has 0 aliphatic heterocycles. The largest absolute Gasteiger partial charge is 0.380 e. The van der Waals surface area contributed by atoms with E-state index in [4.69, 9.17) is 11.6 Å². The molecular weight excluding hydrogens is 312 g/mol. The highest BCUT2D eigenvalue weighted by molar-refractivity contribution is 9.10. The zero-order valence-electron chi connectivity index (χ0n) is 10.1. The molecular formula is C14H14BrClN2. The van der Waals surface area contributed by atoms with Gasteiger partial charge in [-0.3, -0.25) is 0 Å². The van der Waals surface area contributed by atoms with Gasteiger partial charge in [-0.15, -0.1) is 0 Å². The highest BCUT2D eigenvalue weighted by atomic mass is 79.9. The summed E-state index contributed by atoms with van der Waals surface area (Å²) in [6.45, 7) is 2.96. The number of hydrogen-bond donors (Lipinski definition) is 1. The molecule has 0 amide bonds. The minimum Gasteiger partial charge on any atom is -0.380 e. The summed E-state index contributed by atoms with van der Waals surface area (Å²) < 4.78 is 0.804. The van der Waals surface area contributed by atoms with Crippen molar-refractivity contribution in [1.29, 1.82) is 0 Å². The zero-order chi connectivity index (χ0) is 13.0. The average Bonchev–Trinajstić information content (AvgIpc) is 2.40. The molecule has 2 aromatic rings. The van der Waals surface area contributed by atoms with Gasteiger partial charge in [0.05, 0.1) is 16.4 Å². The number of benzene rings is 1. The minimum atomic E-state index is 0.481. The van der Waals surface area contributed by atoms with E-state index in [1.807, 2.05) is 6.07 Å². The number of pyridine rings is 1. The molecule has 0 fully saturated rings. The second kappa shape index (κ2) is 6.21. The Morgan fingerprint density at radius 2 is 2.00 bits per heavy atom. The van der Waals surface area contributed by atoms with E-state index >= 15 is 0 Å². The molecule has 2 rings (SSSR count). The summed E-state index contributed by atoms with van der Waals surface area (Å²) in [5.41, 5.74) is 3.63. The van der Waals surface area contributed by atoms with Crippen LogP contribution < -0.4 is 5.32 Å². The number of nitrogens with one attached hydrogen (secondary N) is 1. The van der Waals surface area contributed by atoms with Crippen molar-refractivity contribution >= 4 is 33.2 Å². The summed E-state index contributed by atoms with van der Waals surface area (Å²) in [5.74, 6) is 0. The van der Waals surface area contributed by atoms with E-state index in [0.29, 0.717) is 5.15 Å². The van der Waals surface area contributed by atoms with Gasteiger partial charge in [0, 0.05) is 6.54 Å². The molecule has 2 nitrogen and oxygen atoms in total. The molecule has 1 aromatic heterocycles. The molecule has 0 aliphatic rings. The van der Waals surface area contributed by atoms with Crippen molar-refractivity contribution in [2.24, 2.45) is 0 Å². The van der Waals surface area contributed by atoms with Gasteiger partial charge in [0.15, 0.2) is 0 Å². The van der Waals surface area contributed by atoms with Gasteiger partial charge in [-0.2, -0.15) is 0 Å². The smallest absolute Gasteiger partial charge is 0.143 e. The van der Waals surface area contributed by atoms with Crippen molar-refractivity contribution in [3.63, 3.8) is 0 Å². The van der Waals surface area contributed by atoms with Gasteiger partial charge in [-0.25, -0.2) is 4.98 Å². The Morgan fingerprint density at radius 3 is 2.67 bits per heavy atom. The quantitative estimate of drug-likeness (QED) is 0.826. The lowest BCUT2D eigenvalue weighted by Crippen LogP contribution is -2.02.